The van der Waals surface area contributed by atoms with Crippen LogP contribution >= 0.6 is 0 Å². The molecule has 0 aliphatic carbocycles. The molecule has 0 spiro atoms. The van der Waals surface area contributed by atoms with E-state index in [0.717, 1.165) is 24.5 Å². The highest BCUT2D eigenvalue weighted by Crippen LogP contribution is 2.17. The smallest absolute Gasteiger partial charge is 0.274 e. The SMILES string of the molecule is Cc1nc[nH]c(=O)c1N1CCCCC1. The molecule has 2 heterocycles. The molecule has 0 amide bonds. The maximum atomic E-state index is 11.6. The molecule has 0 aromatic carbocycles. The van der Waals surface area contributed by atoms with Crippen LogP contribution in [0.5, 0.6) is 0 Å². The van der Waals surface area contributed by atoms with Crippen molar-refractivity contribution in [3.05, 3.63) is 22.4 Å². The Morgan fingerprint density at radius 2 is 2.07 bits per heavy atom. The van der Waals surface area contributed by atoms with Crippen molar-refractivity contribution in [1.29, 1.82) is 0 Å². The fraction of sp³-hybridized carbons (Fsp3) is 0.600. The highest BCUT2D eigenvalue weighted by Gasteiger charge is 2.16. The van der Waals surface area contributed by atoms with Crippen LogP contribution in [0.25, 0.3) is 0 Å². The standard InChI is InChI=1S/C10H15N3O/c1-8-9(10(14)12-7-11-8)13-5-3-2-4-6-13/h7H,2-6H2,1H3,(H,11,12,14). The van der Waals surface area contributed by atoms with E-state index < -0.39 is 0 Å². The summed E-state index contributed by atoms with van der Waals surface area (Å²) in [6.07, 6.45) is 5.08. The van der Waals surface area contributed by atoms with Crippen LogP contribution in [0.15, 0.2) is 11.1 Å². The average Bonchev–Trinajstić information content (AvgIpc) is 2.19. The van der Waals surface area contributed by atoms with Gasteiger partial charge < -0.3 is 9.88 Å². The lowest BCUT2D eigenvalue weighted by Gasteiger charge is -2.28. The first-order valence-corrected chi connectivity index (χ1v) is 5.08. The van der Waals surface area contributed by atoms with Crippen molar-refractivity contribution in [1.82, 2.24) is 9.97 Å². The Labute approximate surface area is 83.0 Å². The zero-order chi connectivity index (χ0) is 9.97. The second kappa shape index (κ2) is 3.82. The topological polar surface area (TPSA) is 49.0 Å². The van der Waals surface area contributed by atoms with Gasteiger partial charge >= 0.3 is 0 Å². The largest absolute Gasteiger partial charge is 0.366 e. The number of H-pyrrole nitrogens is 1. The van der Waals surface area contributed by atoms with E-state index in [0.29, 0.717) is 0 Å². The van der Waals surface area contributed by atoms with E-state index in [1.54, 1.807) is 0 Å². The second-order valence-electron chi connectivity index (χ2n) is 3.71. The van der Waals surface area contributed by atoms with Crippen molar-refractivity contribution in [3.8, 4) is 0 Å². The van der Waals surface area contributed by atoms with Gasteiger partial charge in [0.1, 0.15) is 5.69 Å². The Balaban J connectivity index is 2.34. The molecule has 1 aliphatic rings. The summed E-state index contributed by atoms with van der Waals surface area (Å²) in [6, 6.07) is 0. The number of hydrogen-bond acceptors (Lipinski definition) is 3. The number of nitrogens with zero attached hydrogens (tertiary/aromatic N) is 2. The van der Waals surface area contributed by atoms with Crippen LogP contribution in [-0.4, -0.2) is 23.1 Å². The number of anilines is 1. The molecule has 1 aromatic heterocycles. The third-order valence-corrected chi connectivity index (χ3v) is 2.68. The number of aryl methyl sites for hydroxylation is 1. The molecule has 1 saturated heterocycles. The molecule has 4 nitrogen and oxygen atoms in total. The first kappa shape index (κ1) is 9.24. The van der Waals surface area contributed by atoms with Gasteiger partial charge in [-0.3, -0.25) is 4.79 Å². The molecule has 4 heteroatoms. The summed E-state index contributed by atoms with van der Waals surface area (Å²) >= 11 is 0. The fourth-order valence-corrected chi connectivity index (χ4v) is 1.97. The van der Waals surface area contributed by atoms with Crippen LogP contribution in [0.1, 0.15) is 25.0 Å². The van der Waals surface area contributed by atoms with Gasteiger partial charge in [-0.25, -0.2) is 4.98 Å². The van der Waals surface area contributed by atoms with Crippen LogP contribution in [0.2, 0.25) is 0 Å². The van der Waals surface area contributed by atoms with E-state index in [-0.39, 0.29) is 5.56 Å². The molecule has 14 heavy (non-hydrogen) atoms. The molecule has 76 valence electrons. The summed E-state index contributed by atoms with van der Waals surface area (Å²) in [6.45, 7) is 3.85. The van der Waals surface area contributed by atoms with Crippen molar-refractivity contribution in [2.24, 2.45) is 0 Å². The van der Waals surface area contributed by atoms with E-state index in [2.05, 4.69) is 14.9 Å². The van der Waals surface area contributed by atoms with Crippen molar-refractivity contribution >= 4 is 5.69 Å². The first-order valence-electron chi connectivity index (χ1n) is 5.08. The minimum Gasteiger partial charge on any atom is -0.366 e. The summed E-state index contributed by atoms with van der Waals surface area (Å²) < 4.78 is 0. The number of piperidine rings is 1. The van der Waals surface area contributed by atoms with E-state index in [1.165, 1.54) is 25.6 Å². The van der Waals surface area contributed by atoms with Gasteiger partial charge in [0, 0.05) is 13.1 Å². The van der Waals surface area contributed by atoms with Gasteiger partial charge in [0.25, 0.3) is 5.56 Å². The summed E-state index contributed by atoms with van der Waals surface area (Å²) in [5.74, 6) is 0. The van der Waals surface area contributed by atoms with Gasteiger partial charge in [-0.05, 0) is 26.2 Å². The number of rotatable bonds is 1. The summed E-state index contributed by atoms with van der Waals surface area (Å²) in [7, 11) is 0. The summed E-state index contributed by atoms with van der Waals surface area (Å²) in [5, 5.41) is 0. The third-order valence-electron chi connectivity index (χ3n) is 2.68. The molecule has 1 fully saturated rings. The van der Waals surface area contributed by atoms with Crippen molar-refractivity contribution in [3.63, 3.8) is 0 Å². The van der Waals surface area contributed by atoms with Crippen LogP contribution in [0.4, 0.5) is 5.69 Å². The van der Waals surface area contributed by atoms with Gasteiger partial charge in [0.15, 0.2) is 0 Å². The lowest BCUT2D eigenvalue weighted by Crippen LogP contribution is -2.34. The molecule has 0 bridgehead atoms. The quantitative estimate of drug-likeness (QED) is 0.725. The highest BCUT2D eigenvalue weighted by atomic mass is 16.1. The van der Waals surface area contributed by atoms with Crippen molar-refractivity contribution in [2.45, 2.75) is 26.2 Å². The molecular weight excluding hydrogens is 178 g/mol. The Morgan fingerprint density at radius 1 is 1.36 bits per heavy atom. The Hall–Kier alpha value is -1.32. The Morgan fingerprint density at radius 3 is 2.71 bits per heavy atom. The molecule has 1 N–H and O–H groups in total. The van der Waals surface area contributed by atoms with Crippen LogP contribution in [0, 0.1) is 6.92 Å². The molecular formula is C10H15N3O. The molecule has 2 rings (SSSR count). The lowest BCUT2D eigenvalue weighted by molar-refractivity contribution is 0.574. The fourth-order valence-electron chi connectivity index (χ4n) is 1.97. The molecule has 0 saturated carbocycles. The normalized spacial score (nSPS) is 17.1. The molecule has 0 radical (unpaired) electrons. The maximum Gasteiger partial charge on any atom is 0.274 e. The van der Waals surface area contributed by atoms with Crippen LogP contribution in [-0.2, 0) is 0 Å². The molecule has 0 atom stereocenters. The van der Waals surface area contributed by atoms with E-state index >= 15 is 0 Å². The monoisotopic (exact) mass is 193 g/mol. The molecule has 0 unspecified atom stereocenters. The number of aromatic nitrogens is 2. The first-order chi connectivity index (χ1) is 6.79. The molecule has 1 aliphatic heterocycles. The van der Waals surface area contributed by atoms with Crippen LogP contribution < -0.4 is 10.5 Å². The maximum absolute atomic E-state index is 11.6. The van der Waals surface area contributed by atoms with Crippen molar-refractivity contribution < 1.29 is 0 Å². The van der Waals surface area contributed by atoms with Gasteiger partial charge in [-0.2, -0.15) is 0 Å². The number of nitrogens with one attached hydrogen (secondary N) is 1. The van der Waals surface area contributed by atoms with Crippen molar-refractivity contribution in [2.75, 3.05) is 18.0 Å². The predicted octanol–water partition coefficient (Wildman–Crippen LogP) is 1.07. The summed E-state index contributed by atoms with van der Waals surface area (Å²) in [5.41, 5.74) is 1.57. The van der Waals surface area contributed by atoms with Gasteiger partial charge in [-0.15, -0.1) is 0 Å². The minimum absolute atomic E-state index is 0.0144. The minimum atomic E-state index is -0.0144. The van der Waals surface area contributed by atoms with E-state index in [4.69, 9.17) is 0 Å². The van der Waals surface area contributed by atoms with E-state index in [9.17, 15) is 4.79 Å². The molecule has 1 aromatic rings. The third kappa shape index (κ3) is 1.64. The van der Waals surface area contributed by atoms with E-state index in [1.807, 2.05) is 6.92 Å². The van der Waals surface area contributed by atoms with Crippen LogP contribution in [0.3, 0.4) is 0 Å². The average molecular weight is 193 g/mol. The lowest BCUT2D eigenvalue weighted by atomic mass is 10.1. The number of hydrogen-bond donors (Lipinski definition) is 1. The predicted molar refractivity (Wildman–Crippen MR) is 55.7 cm³/mol. The zero-order valence-corrected chi connectivity index (χ0v) is 8.42. The van der Waals surface area contributed by atoms with Gasteiger partial charge in [0.05, 0.1) is 12.0 Å². The van der Waals surface area contributed by atoms with Gasteiger partial charge in [0.2, 0.25) is 0 Å². The zero-order valence-electron chi connectivity index (χ0n) is 8.42. The van der Waals surface area contributed by atoms with Gasteiger partial charge in [-0.1, -0.05) is 0 Å². The summed E-state index contributed by atoms with van der Waals surface area (Å²) in [4.78, 5) is 20.5. The highest BCUT2D eigenvalue weighted by molar-refractivity contribution is 5.48. The second-order valence-corrected chi connectivity index (χ2v) is 3.71. The Kier molecular flexibility index (Phi) is 2.52. The number of aromatic amines is 1. The Bertz CT molecular complexity index is 366.